The molecule has 0 aromatic heterocycles. The Balaban J connectivity index is 2.77. The summed E-state index contributed by atoms with van der Waals surface area (Å²) in [4.78, 5) is 9.98. The predicted molar refractivity (Wildman–Crippen MR) is 69.1 cm³/mol. The molecule has 1 aromatic rings. The van der Waals surface area contributed by atoms with Crippen LogP contribution in [0, 0.1) is 21.4 Å². The lowest BCUT2D eigenvalue weighted by Gasteiger charge is -2.07. The van der Waals surface area contributed by atoms with Crippen LogP contribution in [0.3, 0.4) is 0 Å². The Labute approximate surface area is 110 Å². The van der Waals surface area contributed by atoms with Crippen LogP contribution in [0.1, 0.15) is 5.56 Å². The Morgan fingerprint density at radius 1 is 1.47 bits per heavy atom. The number of nitriles is 1. The summed E-state index contributed by atoms with van der Waals surface area (Å²) in [7, 11) is -2.00. The van der Waals surface area contributed by atoms with Crippen LogP contribution in [0.2, 0.25) is 0 Å². The Morgan fingerprint density at radius 3 is 2.68 bits per heavy atom. The van der Waals surface area contributed by atoms with E-state index in [1.54, 1.807) is 6.07 Å². The summed E-state index contributed by atoms with van der Waals surface area (Å²) in [5, 5.41) is 22.2. The van der Waals surface area contributed by atoms with Gasteiger partial charge in [-0.15, -0.1) is 0 Å². The van der Waals surface area contributed by atoms with Gasteiger partial charge in [0, 0.05) is 18.3 Å². The topological polar surface area (TPSA) is 125 Å². The van der Waals surface area contributed by atoms with Crippen LogP contribution in [0.4, 0.5) is 11.4 Å². The van der Waals surface area contributed by atoms with Crippen molar-refractivity contribution in [3.8, 4) is 6.07 Å². The van der Waals surface area contributed by atoms with Gasteiger partial charge >= 0.3 is 0 Å². The molecular weight excluding hydrogens is 272 g/mol. The number of hydrogen-bond donors (Lipinski definition) is 2. The minimum Gasteiger partial charge on any atom is -0.384 e. The summed E-state index contributed by atoms with van der Waals surface area (Å²) >= 11 is 0. The summed E-state index contributed by atoms with van der Waals surface area (Å²) < 4.78 is 24.5. The molecule has 0 amide bonds. The molecule has 102 valence electrons. The second-order valence-electron chi connectivity index (χ2n) is 3.55. The van der Waals surface area contributed by atoms with Crippen molar-refractivity contribution >= 4 is 21.4 Å². The van der Waals surface area contributed by atoms with E-state index in [2.05, 4.69) is 10.0 Å². The molecule has 8 nitrogen and oxygen atoms in total. The molecule has 19 heavy (non-hydrogen) atoms. The monoisotopic (exact) mass is 284 g/mol. The van der Waals surface area contributed by atoms with Crippen molar-refractivity contribution in [1.82, 2.24) is 4.72 Å². The van der Waals surface area contributed by atoms with Gasteiger partial charge in [-0.05, 0) is 19.2 Å². The number of nitro groups is 1. The highest BCUT2D eigenvalue weighted by molar-refractivity contribution is 7.89. The van der Waals surface area contributed by atoms with E-state index in [0.29, 0.717) is 5.69 Å². The van der Waals surface area contributed by atoms with Crippen molar-refractivity contribution in [2.75, 3.05) is 24.7 Å². The number of nitro benzene ring substituents is 1. The van der Waals surface area contributed by atoms with E-state index < -0.39 is 14.9 Å². The molecule has 0 heterocycles. The van der Waals surface area contributed by atoms with E-state index in [9.17, 15) is 18.5 Å². The molecule has 0 spiro atoms. The molecule has 9 heteroatoms. The minimum atomic E-state index is -3.31. The second kappa shape index (κ2) is 6.12. The van der Waals surface area contributed by atoms with Gasteiger partial charge in [-0.2, -0.15) is 5.26 Å². The summed E-state index contributed by atoms with van der Waals surface area (Å²) in [6, 6.07) is 5.66. The van der Waals surface area contributed by atoms with Gasteiger partial charge in [0.15, 0.2) is 0 Å². The fourth-order valence-corrected chi connectivity index (χ4v) is 1.90. The second-order valence-corrected chi connectivity index (χ2v) is 5.60. The van der Waals surface area contributed by atoms with Gasteiger partial charge in [-0.1, -0.05) is 0 Å². The fourth-order valence-electron chi connectivity index (χ4n) is 1.33. The van der Waals surface area contributed by atoms with E-state index in [1.807, 2.05) is 0 Å². The average molecular weight is 284 g/mol. The van der Waals surface area contributed by atoms with Gasteiger partial charge in [-0.25, -0.2) is 13.1 Å². The van der Waals surface area contributed by atoms with Crippen molar-refractivity contribution in [2.24, 2.45) is 0 Å². The predicted octanol–water partition coefficient (Wildman–Crippen LogP) is 0.428. The molecule has 1 aromatic carbocycles. The summed E-state index contributed by atoms with van der Waals surface area (Å²) in [5.74, 6) is -0.137. The van der Waals surface area contributed by atoms with Gasteiger partial charge in [0.05, 0.1) is 10.7 Å². The smallest absolute Gasteiger partial charge is 0.287 e. The Morgan fingerprint density at radius 2 is 2.16 bits per heavy atom. The maximum absolute atomic E-state index is 11.2. The van der Waals surface area contributed by atoms with Gasteiger partial charge in [0.1, 0.15) is 11.6 Å². The molecule has 0 saturated heterocycles. The van der Waals surface area contributed by atoms with Crippen LogP contribution in [-0.2, 0) is 10.0 Å². The molecule has 1 rings (SSSR count). The lowest BCUT2D eigenvalue weighted by molar-refractivity contribution is -0.385. The van der Waals surface area contributed by atoms with Gasteiger partial charge in [0.2, 0.25) is 10.0 Å². The molecule has 2 N–H and O–H groups in total. The summed E-state index contributed by atoms with van der Waals surface area (Å²) in [6.07, 6.45) is 0. The van der Waals surface area contributed by atoms with Crippen molar-refractivity contribution < 1.29 is 13.3 Å². The maximum atomic E-state index is 11.2. The molecule has 0 aliphatic rings. The lowest BCUT2D eigenvalue weighted by Crippen LogP contribution is -2.26. The normalized spacial score (nSPS) is 10.7. The fraction of sp³-hybridized carbons (Fsp3) is 0.300. The van der Waals surface area contributed by atoms with E-state index in [4.69, 9.17) is 5.26 Å². The third kappa shape index (κ3) is 4.20. The van der Waals surface area contributed by atoms with Crippen molar-refractivity contribution in [1.29, 1.82) is 5.26 Å². The number of rotatable bonds is 6. The molecule has 0 atom stereocenters. The van der Waals surface area contributed by atoms with Crippen LogP contribution in [-0.4, -0.2) is 32.7 Å². The first-order chi connectivity index (χ1) is 8.89. The lowest BCUT2D eigenvalue weighted by atomic mass is 10.2. The zero-order valence-corrected chi connectivity index (χ0v) is 10.9. The molecule has 0 unspecified atom stereocenters. The minimum absolute atomic E-state index is 0.0773. The Kier molecular flexibility index (Phi) is 4.80. The number of anilines is 1. The van der Waals surface area contributed by atoms with E-state index >= 15 is 0 Å². The standard InChI is InChI=1S/C10H12N4O4S/c1-12-19(17,18)5-4-13-9-2-3-10(14(15)16)8(6-9)7-11/h2-3,6,12-13H,4-5H2,1H3. The first-order valence-corrected chi connectivity index (χ1v) is 6.88. The van der Waals surface area contributed by atoms with Crippen LogP contribution in [0.15, 0.2) is 18.2 Å². The van der Waals surface area contributed by atoms with Crippen molar-refractivity contribution in [3.05, 3.63) is 33.9 Å². The van der Waals surface area contributed by atoms with E-state index in [1.165, 1.54) is 25.2 Å². The highest BCUT2D eigenvalue weighted by Gasteiger charge is 2.13. The van der Waals surface area contributed by atoms with E-state index in [-0.39, 0.29) is 23.5 Å². The average Bonchev–Trinajstić information content (AvgIpc) is 2.38. The summed E-state index contributed by atoms with van der Waals surface area (Å²) in [6.45, 7) is 0.131. The Bertz CT molecular complexity index is 621. The molecular formula is C10H12N4O4S. The molecule has 0 aliphatic heterocycles. The highest BCUT2D eigenvalue weighted by Crippen LogP contribution is 2.21. The molecule has 0 radical (unpaired) electrons. The van der Waals surface area contributed by atoms with Crippen LogP contribution >= 0.6 is 0 Å². The first kappa shape index (κ1) is 14.9. The zero-order chi connectivity index (χ0) is 14.5. The number of nitrogens with zero attached hydrogens (tertiary/aromatic N) is 2. The number of sulfonamides is 1. The SMILES string of the molecule is CNS(=O)(=O)CCNc1ccc([N+](=O)[O-])c(C#N)c1. The first-order valence-electron chi connectivity index (χ1n) is 5.23. The zero-order valence-electron chi connectivity index (χ0n) is 10.1. The van der Waals surface area contributed by atoms with Gasteiger partial charge in [0.25, 0.3) is 5.69 Å². The maximum Gasteiger partial charge on any atom is 0.287 e. The largest absolute Gasteiger partial charge is 0.384 e. The molecule has 0 aliphatic carbocycles. The third-order valence-corrected chi connectivity index (χ3v) is 3.69. The van der Waals surface area contributed by atoms with Crippen molar-refractivity contribution in [2.45, 2.75) is 0 Å². The summed E-state index contributed by atoms with van der Waals surface area (Å²) in [5.41, 5.74) is 0.0934. The van der Waals surface area contributed by atoms with Gasteiger partial charge in [-0.3, -0.25) is 10.1 Å². The number of benzene rings is 1. The van der Waals surface area contributed by atoms with Gasteiger partial charge < -0.3 is 5.32 Å². The molecule has 0 bridgehead atoms. The van der Waals surface area contributed by atoms with Crippen molar-refractivity contribution in [3.63, 3.8) is 0 Å². The highest BCUT2D eigenvalue weighted by atomic mass is 32.2. The van der Waals surface area contributed by atoms with Crippen LogP contribution in [0.5, 0.6) is 0 Å². The quantitative estimate of drug-likeness (QED) is 0.576. The number of hydrogen-bond acceptors (Lipinski definition) is 6. The molecule has 0 fully saturated rings. The van der Waals surface area contributed by atoms with Crippen LogP contribution in [0.25, 0.3) is 0 Å². The molecule has 0 saturated carbocycles. The third-order valence-electron chi connectivity index (χ3n) is 2.32. The van der Waals surface area contributed by atoms with E-state index in [0.717, 1.165) is 0 Å². The van der Waals surface area contributed by atoms with Crippen LogP contribution < -0.4 is 10.0 Å². The Hall–Kier alpha value is -2.18. The number of nitrogens with one attached hydrogen (secondary N) is 2.